The highest BCUT2D eigenvalue weighted by Crippen LogP contribution is 2.37. The Balaban J connectivity index is 1.71. The summed E-state index contributed by atoms with van der Waals surface area (Å²) >= 11 is 0. The molecule has 0 amide bonds. The molecule has 1 aromatic heterocycles. The molecule has 0 aliphatic heterocycles. The molecule has 2 N–H and O–H groups in total. The van der Waals surface area contributed by atoms with Gasteiger partial charge in [-0.15, -0.1) is 10.2 Å². The normalized spacial score (nSPS) is 29.8. The Morgan fingerprint density at radius 1 is 1.11 bits per heavy atom. The molecule has 0 unspecified atom stereocenters. The Kier molecular flexibility index (Phi) is 3.64. The van der Waals surface area contributed by atoms with E-state index in [0.29, 0.717) is 12.0 Å². The standard InChI is InChI=1S/C14H24N4/c15-9-11-5-7-12(8-6-11)14-17-16-10-18(14)13-3-1-2-4-13/h10-13H,1-9,15H2. The van der Waals surface area contributed by atoms with Gasteiger partial charge in [0.15, 0.2) is 0 Å². The fourth-order valence-electron chi connectivity index (χ4n) is 3.66. The number of hydrogen-bond donors (Lipinski definition) is 1. The van der Waals surface area contributed by atoms with Crippen molar-refractivity contribution in [1.82, 2.24) is 14.8 Å². The lowest BCUT2D eigenvalue weighted by Gasteiger charge is -2.28. The molecule has 100 valence electrons. The fourth-order valence-corrected chi connectivity index (χ4v) is 3.66. The van der Waals surface area contributed by atoms with Crippen LogP contribution in [0.5, 0.6) is 0 Å². The average molecular weight is 248 g/mol. The van der Waals surface area contributed by atoms with Gasteiger partial charge in [0.2, 0.25) is 0 Å². The maximum atomic E-state index is 5.76. The second kappa shape index (κ2) is 5.39. The lowest BCUT2D eigenvalue weighted by molar-refractivity contribution is 0.315. The van der Waals surface area contributed by atoms with Crippen LogP contribution in [-0.4, -0.2) is 21.3 Å². The van der Waals surface area contributed by atoms with Crippen molar-refractivity contribution in [2.75, 3.05) is 6.54 Å². The highest BCUT2D eigenvalue weighted by atomic mass is 15.3. The molecular weight excluding hydrogens is 224 g/mol. The van der Waals surface area contributed by atoms with Crippen LogP contribution in [-0.2, 0) is 0 Å². The summed E-state index contributed by atoms with van der Waals surface area (Å²) in [6, 6.07) is 0.669. The Morgan fingerprint density at radius 3 is 2.50 bits per heavy atom. The Bertz CT molecular complexity index is 373. The second-order valence-electron chi connectivity index (χ2n) is 5.99. The molecule has 2 aliphatic carbocycles. The lowest BCUT2D eigenvalue weighted by atomic mass is 9.81. The van der Waals surface area contributed by atoms with Crippen LogP contribution in [0.25, 0.3) is 0 Å². The highest BCUT2D eigenvalue weighted by molar-refractivity contribution is 5.01. The zero-order valence-electron chi connectivity index (χ0n) is 11.1. The maximum Gasteiger partial charge on any atom is 0.136 e. The molecule has 4 nitrogen and oxygen atoms in total. The summed E-state index contributed by atoms with van der Waals surface area (Å²) in [5.74, 6) is 2.61. The van der Waals surface area contributed by atoms with Crippen LogP contribution in [0.3, 0.4) is 0 Å². The minimum absolute atomic E-state index is 0.621. The highest BCUT2D eigenvalue weighted by Gasteiger charge is 2.28. The fraction of sp³-hybridized carbons (Fsp3) is 0.857. The number of aromatic nitrogens is 3. The first-order valence-corrected chi connectivity index (χ1v) is 7.48. The molecule has 0 saturated heterocycles. The van der Waals surface area contributed by atoms with Crippen molar-refractivity contribution in [2.45, 2.75) is 63.3 Å². The third-order valence-corrected chi connectivity index (χ3v) is 4.86. The van der Waals surface area contributed by atoms with E-state index in [4.69, 9.17) is 5.73 Å². The molecule has 4 heteroatoms. The van der Waals surface area contributed by atoms with Crippen molar-refractivity contribution in [1.29, 1.82) is 0 Å². The van der Waals surface area contributed by atoms with E-state index in [2.05, 4.69) is 14.8 Å². The van der Waals surface area contributed by atoms with Gasteiger partial charge < -0.3 is 10.3 Å². The van der Waals surface area contributed by atoms with Gasteiger partial charge in [-0.3, -0.25) is 0 Å². The van der Waals surface area contributed by atoms with Gasteiger partial charge in [-0.1, -0.05) is 12.8 Å². The van der Waals surface area contributed by atoms with Crippen molar-refractivity contribution in [3.05, 3.63) is 12.2 Å². The molecule has 0 radical (unpaired) electrons. The zero-order valence-corrected chi connectivity index (χ0v) is 11.1. The second-order valence-corrected chi connectivity index (χ2v) is 5.99. The SMILES string of the molecule is NCC1CCC(c2nncn2C2CCCC2)CC1. The van der Waals surface area contributed by atoms with Crippen LogP contribution in [0.15, 0.2) is 6.33 Å². The van der Waals surface area contributed by atoms with E-state index in [1.54, 1.807) is 0 Å². The first kappa shape index (κ1) is 12.2. The van der Waals surface area contributed by atoms with Crippen LogP contribution in [0.1, 0.15) is 69.2 Å². The number of nitrogens with two attached hydrogens (primary N) is 1. The number of hydrogen-bond acceptors (Lipinski definition) is 3. The summed E-state index contributed by atoms with van der Waals surface area (Å²) in [6.07, 6.45) is 12.3. The third kappa shape index (κ3) is 2.30. The summed E-state index contributed by atoms with van der Waals surface area (Å²) in [5, 5.41) is 8.59. The van der Waals surface area contributed by atoms with Gasteiger partial charge in [0.25, 0.3) is 0 Å². The van der Waals surface area contributed by atoms with Crippen LogP contribution in [0.4, 0.5) is 0 Å². The van der Waals surface area contributed by atoms with Gasteiger partial charge in [-0.25, -0.2) is 0 Å². The summed E-state index contributed by atoms with van der Waals surface area (Å²) in [5.41, 5.74) is 5.76. The number of rotatable bonds is 3. The van der Waals surface area contributed by atoms with E-state index in [-0.39, 0.29) is 0 Å². The Hall–Kier alpha value is -0.900. The van der Waals surface area contributed by atoms with E-state index >= 15 is 0 Å². The average Bonchev–Trinajstić information content (AvgIpc) is 3.09. The van der Waals surface area contributed by atoms with Crippen LogP contribution < -0.4 is 5.73 Å². The van der Waals surface area contributed by atoms with Crippen molar-refractivity contribution in [2.24, 2.45) is 11.7 Å². The largest absolute Gasteiger partial charge is 0.330 e. The summed E-state index contributed by atoms with van der Waals surface area (Å²) < 4.78 is 2.38. The predicted octanol–water partition coefficient (Wildman–Crippen LogP) is 2.63. The van der Waals surface area contributed by atoms with Gasteiger partial charge >= 0.3 is 0 Å². The van der Waals surface area contributed by atoms with Crippen LogP contribution in [0, 0.1) is 5.92 Å². The van der Waals surface area contributed by atoms with Crippen molar-refractivity contribution in [3.8, 4) is 0 Å². The van der Waals surface area contributed by atoms with Gasteiger partial charge in [-0.2, -0.15) is 0 Å². The minimum atomic E-state index is 0.621. The number of nitrogens with zero attached hydrogens (tertiary/aromatic N) is 3. The van der Waals surface area contributed by atoms with E-state index in [1.165, 1.54) is 57.2 Å². The summed E-state index contributed by atoms with van der Waals surface area (Å²) in [6.45, 7) is 0.849. The van der Waals surface area contributed by atoms with Gasteiger partial charge in [-0.05, 0) is 51.0 Å². The molecule has 1 aromatic rings. The molecule has 3 rings (SSSR count). The van der Waals surface area contributed by atoms with Crippen LogP contribution in [0.2, 0.25) is 0 Å². The molecule has 18 heavy (non-hydrogen) atoms. The summed E-state index contributed by atoms with van der Waals surface area (Å²) in [4.78, 5) is 0. The van der Waals surface area contributed by atoms with Gasteiger partial charge in [0, 0.05) is 12.0 Å². The van der Waals surface area contributed by atoms with E-state index in [9.17, 15) is 0 Å². The zero-order chi connectivity index (χ0) is 12.4. The molecular formula is C14H24N4. The van der Waals surface area contributed by atoms with Crippen molar-refractivity contribution >= 4 is 0 Å². The first-order valence-electron chi connectivity index (χ1n) is 7.48. The molecule has 0 spiro atoms. The van der Waals surface area contributed by atoms with Gasteiger partial charge in [0.1, 0.15) is 12.2 Å². The first-order chi connectivity index (χ1) is 8.88. The molecule has 2 saturated carbocycles. The van der Waals surface area contributed by atoms with Crippen LogP contribution >= 0.6 is 0 Å². The molecule has 0 atom stereocenters. The summed E-state index contributed by atoms with van der Waals surface area (Å²) in [7, 11) is 0. The predicted molar refractivity (Wildman–Crippen MR) is 71.3 cm³/mol. The third-order valence-electron chi connectivity index (χ3n) is 4.86. The van der Waals surface area contributed by atoms with Gasteiger partial charge in [0.05, 0.1) is 0 Å². The quantitative estimate of drug-likeness (QED) is 0.894. The van der Waals surface area contributed by atoms with Crippen molar-refractivity contribution < 1.29 is 0 Å². The topological polar surface area (TPSA) is 56.7 Å². The minimum Gasteiger partial charge on any atom is -0.330 e. The van der Waals surface area contributed by atoms with E-state index in [1.807, 2.05) is 6.33 Å². The Labute approximate surface area is 109 Å². The maximum absolute atomic E-state index is 5.76. The Morgan fingerprint density at radius 2 is 1.83 bits per heavy atom. The molecule has 0 bridgehead atoms. The van der Waals surface area contributed by atoms with E-state index in [0.717, 1.165) is 12.5 Å². The molecule has 2 fully saturated rings. The monoisotopic (exact) mass is 248 g/mol. The molecule has 1 heterocycles. The lowest BCUT2D eigenvalue weighted by Crippen LogP contribution is -2.22. The molecule has 2 aliphatic rings. The van der Waals surface area contributed by atoms with E-state index < -0.39 is 0 Å². The van der Waals surface area contributed by atoms with Crippen molar-refractivity contribution in [3.63, 3.8) is 0 Å². The molecule has 0 aromatic carbocycles. The smallest absolute Gasteiger partial charge is 0.136 e.